The predicted octanol–water partition coefficient (Wildman–Crippen LogP) is 4.23. The number of halogens is 1. The summed E-state index contributed by atoms with van der Waals surface area (Å²) in [5.74, 6) is 0.806. The number of carbonyl (C=O) groups is 1. The molecule has 1 aromatic carbocycles. The Hall–Kier alpha value is -2.66. The van der Waals surface area contributed by atoms with Gasteiger partial charge in [0.2, 0.25) is 5.91 Å². The smallest absolute Gasteiger partial charge is 0.222 e. The van der Waals surface area contributed by atoms with Crippen molar-refractivity contribution in [2.75, 3.05) is 7.11 Å². The molecule has 2 aromatic heterocycles. The maximum atomic E-state index is 12.4. The van der Waals surface area contributed by atoms with Gasteiger partial charge in [-0.05, 0) is 35.9 Å². The number of carbonyl (C=O) groups excluding carboxylic acids is 1. The number of hydrogen-bond acceptors (Lipinski definition) is 4. The molecule has 0 radical (unpaired) electrons. The molecule has 3 rings (SSSR count). The first-order chi connectivity index (χ1) is 12.6. The molecule has 0 spiro atoms. The van der Waals surface area contributed by atoms with Gasteiger partial charge in [0.25, 0.3) is 0 Å². The van der Waals surface area contributed by atoms with Crippen LogP contribution in [0, 0.1) is 0 Å². The lowest BCUT2D eigenvalue weighted by molar-refractivity contribution is -0.132. The predicted molar refractivity (Wildman–Crippen MR) is 102 cm³/mol. The highest BCUT2D eigenvalue weighted by atomic mass is 35.5. The lowest BCUT2D eigenvalue weighted by Crippen LogP contribution is -2.29. The fourth-order valence-electron chi connectivity index (χ4n) is 2.79. The van der Waals surface area contributed by atoms with Crippen LogP contribution in [-0.4, -0.2) is 27.9 Å². The minimum absolute atomic E-state index is 0.0515. The van der Waals surface area contributed by atoms with Crippen LogP contribution in [0.5, 0.6) is 5.75 Å². The quantitative estimate of drug-likeness (QED) is 0.610. The van der Waals surface area contributed by atoms with Crippen molar-refractivity contribution in [3.8, 4) is 5.75 Å². The van der Waals surface area contributed by atoms with E-state index >= 15 is 0 Å². The largest absolute Gasteiger partial charge is 0.497 e. The Morgan fingerprint density at radius 1 is 1.23 bits per heavy atom. The second-order valence-corrected chi connectivity index (χ2v) is 6.32. The zero-order valence-electron chi connectivity index (χ0n) is 14.8. The Kier molecular flexibility index (Phi) is 5.68. The minimum atomic E-state index is 0.0515. The number of aromatic nitrogens is 2. The summed E-state index contributed by atoms with van der Waals surface area (Å²) >= 11 is 6.38. The van der Waals surface area contributed by atoms with E-state index in [4.69, 9.17) is 16.3 Å². The van der Waals surface area contributed by atoms with Crippen LogP contribution in [0.25, 0.3) is 10.9 Å². The molecule has 3 aromatic rings. The maximum Gasteiger partial charge on any atom is 0.222 e. The van der Waals surface area contributed by atoms with Crippen LogP contribution in [-0.2, 0) is 17.9 Å². The third-order valence-corrected chi connectivity index (χ3v) is 4.49. The van der Waals surface area contributed by atoms with E-state index in [-0.39, 0.29) is 5.91 Å². The highest BCUT2D eigenvalue weighted by Gasteiger charge is 2.16. The number of methoxy groups -OCH3 is 1. The normalized spacial score (nSPS) is 10.7. The first kappa shape index (κ1) is 18.1. The van der Waals surface area contributed by atoms with Crippen LogP contribution in [0.1, 0.15) is 24.5 Å². The molecular formula is C20H20ClN3O2. The van der Waals surface area contributed by atoms with Crippen molar-refractivity contribution >= 4 is 28.4 Å². The van der Waals surface area contributed by atoms with E-state index in [0.717, 1.165) is 27.8 Å². The number of amides is 1. The molecule has 1 amide bonds. The first-order valence-electron chi connectivity index (χ1n) is 8.40. The summed E-state index contributed by atoms with van der Waals surface area (Å²) in [6, 6.07) is 11.4. The maximum absolute atomic E-state index is 12.4. The molecule has 26 heavy (non-hydrogen) atoms. The zero-order chi connectivity index (χ0) is 18.5. The summed E-state index contributed by atoms with van der Waals surface area (Å²) in [6.07, 6.45) is 3.90. The number of benzene rings is 1. The second kappa shape index (κ2) is 8.15. The van der Waals surface area contributed by atoms with Gasteiger partial charge >= 0.3 is 0 Å². The van der Waals surface area contributed by atoms with Gasteiger partial charge in [-0.15, -0.1) is 0 Å². The summed E-state index contributed by atoms with van der Waals surface area (Å²) in [5.41, 5.74) is 2.57. The van der Waals surface area contributed by atoms with Crippen molar-refractivity contribution in [1.29, 1.82) is 0 Å². The minimum Gasteiger partial charge on any atom is -0.497 e. The highest BCUT2D eigenvalue weighted by molar-refractivity contribution is 6.30. The van der Waals surface area contributed by atoms with Crippen LogP contribution in [0.15, 0.2) is 48.8 Å². The van der Waals surface area contributed by atoms with Crippen molar-refractivity contribution in [2.45, 2.75) is 26.4 Å². The fraction of sp³-hybridized carbons (Fsp3) is 0.250. The topological polar surface area (TPSA) is 55.3 Å². The summed E-state index contributed by atoms with van der Waals surface area (Å²) in [7, 11) is 1.63. The molecular weight excluding hydrogens is 350 g/mol. The summed E-state index contributed by atoms with van der Waals surface area (Å²) in [4.78, 5) is 22.8. The Morgan fingerprint density at radius 3 is 2.77 bits per heavy atom. The number of pyridine rings is 2. The van der Waals surface area contributed by atoms with Gasteiger partial charge in [-0.2, -0.15) is 0 Å². The van der Waals surface area contributed by atoms with E-state index in [1.807, 2.05) is 43.3 Å². The molecule has 0 fully saturated rings. The average molecular weight is 370 g/mol. The van der Waals surface area contributed by atoms with E-state index in [1.165, 1.54) is 0 Å². The Balaban J connectivity index is 1.92. The Labute approximate surface area is 157 Å². The molecule has 0 aliphatic heterocycles. The van der Waals surface area contributed by atoms with Crippen LogP contribution >= 0.6 is 11.6 Å². The van der Waals surface area contributed by atoms with Gasteiger partial charge in [-0.3, -0.25) is 9.78 Å². The van der Waals surface area contributed by atoms with E-state index in [9.17, 15) is 4.79 Å². The molecule has 0 unspecified atom stereocenters. The molecule has 0 saturated heterocycles. The lowest BCUT2D eigenvalue weighted by atomic mass is 10.1. The van der Waals surface area contributed by atoms with Gasteiger partial charge in [0.05, 0.1) is 12.6 Å². The van der Waals surface area contributed by atoms with Gasteiger partial charge in [0.15, 0.2) is 0 Å². The van der Waals surface area contributed by atoms with Crippen LogP contribution in [0.3, 0.4) is 0 Å². The summed E-state index contributed by atoms with van der Waals surface area (Å²) in [5, 5.41) is 1.33. The number of rotatable bonds is 6. The standard InChI is InChI=1S/C20H20ClN3O2/c1-3-19(25)24(12-14-5-4-8-22-11-14)13-16-9-15-10-17(26-2)6-7-18(15)23-20(16)21/h4-11H,3,12-13H2,1-2H3. The van der Waals surface area contributed by atoms with Gasteiger partial charge in [0.1, 0.15) is 10.9 Å². The number of nitrogens with zero attached hydrogens (tertiary/aromatic N) is 3. The fourth-order valence-corrected chi connectivity index (χ4v) is 2.99. The van der Waals surface area contributed by atoms with Crippen molar-refractivity contribution < 1.29 is 9.53 Å². The monoisotopic (exact) mass is 369 g/mol. The van der Waals surface area contributed by atoms with Crippen molar-refractivity contribution in [2.24, 2.45) is 0 Å². The molecule has 2 heterocycles. The van der Waals surface area contributed by atoms with Crippen LogP contribution in [0.4, 0.5) is 0 Å². The number of hydrogen-bond donors (Lipinski definition) is 0. The van der Waals surface area contributed by atoms with Crippen LogP contribution < -0.4 is 4.74 Å². The third kappa shape index (κ3) is 4.11. The Morgan fingerprint density at radius 2 is 2.08 bits per heavy atom. The van der Waals surface area contributed by atoms with Gasteiger partial charge in [-0.1, -0.05) is 24.6 Å². The highest BCUT2D eigenvalue weighted by Crippen LogP contribution is 2.25. The summed E-state index contributed by atoms with van der Waals surface area (Å²) in [6.45, 7) is 2.72. The van der Waals surface area contributed by atoms with Gasteiger partial charge in [-0.25, -0.2) is 4.98 Å². The second-order valence-electron chi connectivity index (χ2n) is 5.96. The van der Waals surface area contributed by atoms with Crippen molar-refractivity contribution in [1.82, 2.24) is 14.9 Å². The van der Waals surface area contributed by atoms with Gasteiger partial charge < -0.3 is 9.64 Å². The number of fused-ring (bicyclic) bond motifs is 1. The third-order valence-electron chi connectivity index (χ3n) is 4.16. The van der Waals surface area contributed by atoms with E-state index in [1.54, 1.807) is 24.4 Å². The van der Waals surface area contributed by atoms with E-state index in [0.29, 0.717) is 24.7 Å². The SMILES string of the molecule is CCC(=O)N(Cc1cccnc1)Cc1cc2cc(OC)ccc2nc1Cl. The lowest BCUT2D eigenvalue weighted by Gasteiger charge is -2.23. The number of ether oxygens (including phenoxy) is 1. The molecule has 0 bridgehead atoms. The Bertz CT molecular complexity index is 916. The van der Waals surface area contributed by atoms with Crippen molar-refractivity contribution in [3.05, 3.63) is 65.1 Å². The molecule has 0 N–H and O–H groups in total. The molecule has 5 nitrogen and oxygen atoms in total. The summed E-state index contributed by atoms with van der Waals surface area (Å²) < 4.78 is 5.28. The molecule has 134 valence electrons. The molecule has 0 aliphatic carbocycles. The average Bonchev–Trinajstić information content (AvgIpc) is 2.67. The first-order valence-corrected chi connectivity index (χ1v) is 8.78. The van der Waals surface area contributed by atoms with Crippen molar-refractivity contribution in [3.63, 3.8) is 0 Å². The van der Waals surface area contributed by atoms with Gasteiger partial charge in [0, 0.05) is 42.9 Å². The molecule has 0 aliphatic rings. The van der Waals surface area contributed by atoms with Crippen LogP contribution in [0.2, 0.25) is 5.15 Å². The van der Waals surface area contributed by atoms with E-state index < -0.39 is 0 Å². The molecule has 0 saturated carbocycles. The zero-order valence-corrected chi connectivity index (χ0v) is 15.5. The van der Waals surface area contributed by atoms with E-state index in [2.05, 4.69) is 9.97 Å². The molecule has 6 heteroatoms. The molecule has 0 atom stereocenters.